The van der Waals surface area contributed by atoms with Crippen LogP contribution in [0.1, 0.15) is 39.0 Å². The van der Waals surface area contributed by atoms with E-state index in [4.69, 9.17) is 0 Å². The summed E-state index contributed by atoms with van der Waals surface area (Å²) in [5, 5.41) is 15.4. The summed E-state index contributed by atoms with van der Waals surface area (Å²) >= 11 is 0. The van der Waals surface area contributed by atoms with Crippen molar-refractivity contribution in [1.29, 1.82) is 0 Å². The van der Waals surface area contributed by atoms with Crippen molar-refractivity contribution < 1.29 is 0 Å². The standard InChI is InChI=1S/C23H30N4O/c1-2-3-14-24-15-7-4-8-16-25-19-11-9-10-18(17-19)22-20-12-5-6-13-21(20)23(28)27-26-22/h5-6,9-13,17,24-25H,2-4,7-8,14-16H2,1H3,(H,27,28). The second-order valence-electron chi connectivity index (χ2n) is 7.12. The molecule has 0 bridgehead atoms. The average molecular weight is 379 g/mol. The number of hydrogen-bond donors (Lipinski definition) is 3. The van der Waals surface area contributed by atoms with Crippen LogP contribution in [0.4, 0.5) is 5.69 Å². The molecule has 0 amide bonds. The number of H-pyrrole nitrogens is 1. The topological polar surface area (TPSA) is 69.8 Å². The van der Waals surface area contributed by atoms with Gasteiger partial charge in [-0.2, -0.15) is 5.10 Å². The Bertz CT molecular complexity index is 935. The van der Waals surface area contributed by atoms with Crippen molar-refractivity contribution in [2.75, 3.05) is 25.0 Å². The molecule has 0 aliphatic rings. The predicted molar refractivity (Wildman–Crippen MR) is 118 cm³/mol. The first-order valence-electron chi connectivity index (χ1n) is 10.3. The second-order valence-corrected chi connectivity index (χ2v) is 7.12. The number of fused-ring (bicyclic) bond motifs is 1. The van der Waals surface area contributed by atoms with Crippen LogP contribution in [0.3, 0.4) is 0 Å². The van der Waals surface area contributed by atoms with Gasteiger partial charge >= 0.3 is 0 Å². The molecule has 3 aromatic rings. The molecule has 1 heterocycles. The van der Waals surface area contributed by atoms with E-state index in [0.717, 1.165) is 48.4 Å². The van der Waals surface area contributed by atoms with Crippen molar-refractivity contribution in [2.45, 2.75) is 39.0 Å². The Kier molecular flexibility index (Phi) is 7.62. The zero-order chi connectivity index (χ0) is 19.6. The van der Waals surface area contributed by atoms with Crippen LogP contribution in [-0.2, 0) is 0 Å². The Labute approximate surface area is 166 Å². The van der Waals surface area contributed by atoms with E-state index in [9.17, 15) is 4.79 Å². The van der Waals surface area contributed by atoms with Gasteiger partial charge in [-0.15, -0.1) is 0 Å². The molecule has 0 radical (unpaired) electrons. The lowest BCUT2D eigenvalue weighted by Gasteiger charge is -2.10. The highest BCUT2D eigenvalue weighted by Gasteiger charge is 2.08. The van der Waals surface area contributed by atoms with Crippen LogP contribution < -0.4 is 16.2 Å². The molecule has 3 rings (SSSR count). The fraction of sp³-hybridized carbons (Fsp3) is 0.391. The number of anilines is 1. The van der Waals surface area contributed by atoms with Crippen molar-refractivity contribution in [3.63, 3.8) is 0 Å². The van der Waals surface area contributed by atoms with E-state index in [2.05, 4.69) is 39.9 Å². The number of nitrogens with zero attached hydrogens (tertiary/aromatic N) is 1. The van der Waals surface area contributed by atoms with E-state index < -0.39 is 0 Å². The van der Waals surface area contributed by atoms with Crippen molar-refractivity contribution in [3.8, 4) is 11.3 Å². The molecule has 5 nitrogen and oxygen atoms in total. The largest absolute Gasteiger partial charge is 0.385 e. The van der Waals surface area contributed by atoms with E-state index in [0.29, 0.717) is 5.39 Å². The van der Waals surface area contributed by atoms with Gasteiger partial charge in [0.25, 0.3) is 5.56 Å². The smallest absolute Gasteiger partial charge is 0.272 e. The lowest BCUT2D eigenvalue weighted by Crippen LogP contribution is -2.16. The van der Waals surface area contributed by atoms with Gasteiger partial charge in [-0.25, -0.2) is 5.10 Å². The van der Waals surface area contributed by atoms with Gasteiger partial charge in [0, 0.05) is 23.2 Å². The number of rotatable bonds is 11. The van der Waals surface area contributed by atoms with Crippen molar-refractivity contribution >= 4 is 16.5 Å². The molecule has 148 valence electrons. The van der Waals surface area contributed by atoms with Crippen LogP contribution >= 0.6 is 0 Å². The summed E-state index contributed by atoms with van der Waals surface area (Å²) in [6.45, 7) is 5.42. The third-order valence-corrected chi connectivity index (χ3v) is 4.90. The molecule has 0 spiro atoms. The normalized spacial score (nSPS) is 11.0. The third-order valence-electron chi connectivity index (χ3n) is 4.90. The Hall–Kier alpha value is -2.66. The predicted octanol–water partition coefficient (Wildman–Crippen LogP) is 4.56. The zero-order valence-corrected chi connectivity index (χ0v) is 16.6. The number of hydrogen-bond acceptors (Lipinski definition) is 4. The number of benzene rings is 2. The summed E-state index contributed by atoms with van der Waals surface area (Å²) in [5.41, 5.74) is 2.73. The first-order valence-corrected chi connectivity index (χ1v) is 10.3. The van der Waals surface area contributed by atoms with Crippen LogP contribution in [0.15, 0.2) is 53.3 Å². The molecule has 2 aromatic carbocycles. The molecular formula is C23H30N4O. The summed E-state index contributed by atoms with van der Waals surface area (Å²) in [6.07, 6.45) is 6.11. The minimum Gasteiger partial charge on any atom is -0.385 e. The molecule has 3 N–H and O–H groups in total. The average Bonchev–Trinajstić information content (AvgIpc) is 2.73. The van der Waals surface area contributed by atoms with Crippen molar-refractivity contribution in [2.24, 2.45) is 0 Å². The number of aromatic nitrogens is 2. The maximum Gasteiger partial charge on any atom is 0.272 e. The van der Waals surface area contributed by atoms with Crippen molar-refractivity contribution in [1.82, 2.24) is 15.5 Å². The van der Waals surface area contributed by atoms with E-state index in [1.54, 1.807) is 0 Å². The summed E-state index contributed by atoms with van der Waals surface area (Å²) in [5.74, 6) is 0. The fourth-order valence-corrected chi connectivity index (χ4v) is 3.32. The monoisotopic (exact) mass is 378 g/mol. The van der Waals surface area contributed by atoms with Crippen LogP contribution in [0.5, 0.6) is 0 Å². The van der Waals surface area contributed by atoms with Gasteiger partial charge in [-0.3, -0.25) is 4.79 Å². The minimum atomic E-state index is -0.155. The third kappa shape index (κ3) is 5.42. The molecule has 0 fully saturated rings. The Morgan fingerprint density at radius 2 is 1.68 bits per heavy atom. The Balaban J connectivity index is 1.55. The molecule has 0 unspecified atom stereocenters. The lowest BCUT2D eigenvalue weighted by atomic mass is 10.0. The first-order chi connectivity index (χ1) is 13.8. The van der Waals surface area contributed by atoms with Gasteiger partial charge in [0.2, 0.25) is 0 Å². The number of nitrogens with one attached hydrogen (secondary N) is 3. The van der Waals surface area contributed by atoms with Crippen LogP contribution in [0, 0.1) is 0 Å². The number of aromatic amines is 1. The SMILES string of the molecule is CCCCNCCCCCNc1cccc(-c2n[nH]c(=O)c3ccccc23)c1. The van der Waals surface area contributed by atoms with Crippen LogP contribution in [0.25, 0.3) is 22.0 Å². The van der Waals surface area contributed by atoms with Crippen LogP contribution in [-0.4, -0.2) is 29.8 Å². The first kappa shape index (κ1) is 20.1. The highest BCUT2D eigenvalue weighted by molar-refractivity contribution is 5.94. The maximum absolute atomic E-state index is 12.0. The molecular weight excluding hydrogens is 348 g/mol. The summed E-state index contributed by atoms with van der Waals surface area (Å²) in [7, 11) is 0. The molecule has 28 heavy (non-hydrogen) atoms. The van der Waals surface area contributed by atoms with E-state index in [1.165, 1.54) is 25.7 Å². The maximum atomic E-state index is 12.0. The molecule has 0 aliphatic heterocycles. The summed E-state index contributed by atoms with van der Waals surface area (Å²) in [4.78, 5) is 12.0. The zero-order valence-electron chi connectivity index (χ0n) is 16.6. The molecule has 0 saturated heterocycles. The quantitative estimate of drug-likeness (QED) is 0.428. The summed E-state index contributed by atoms with van der Waals surface area (Å²) in [6, 6.07) is 15.8. The van der Waals surface area contributed by atoms with E-state index in [-0.39, 0.29) is 5.56 Å². The Morgan fingerprint density at radius 3 is 2.54 bits per heavy atom. The fourth-order valence-electron chi connectivity index (χ4n) is 3.32. The van der Waals surface area contributed by atoms with Gasteiger partial charge < -0.3 is 10.6 Å². The molecule has 0 aliphatic carbocycles. The highest BCUT2D eigenvalue weighted by Crippen LogP contribution is 2.26. The second kappa shape index (κ2) is 10.6. The molecule has 0 saturated carbocycles. The van der Waals surface area contributed by atoms with Gasteiger partial charge in [-0.1, -0.05) is 50.1 Å². The van der Waals surface area contributed by atoms with E-state index in [1.807, 2.05) is 36.4 Å². The molecule has 5 heteroatoms. The van der Waals surface area contributed by atoms with Crippen LogP contribution in [0.2, 0.25) is 0 Å². The Morgan fingerprint density at radius 1 is 0.893 bits per heavy atom. The highest BCUT2D eigenvalue weighted by atomic mass is 16.1. The van der Waals surface area contributed by atoms with E-state index >= 15 is 0 Å². The summed E-state index contributed by atoms with van der Waals surface area (Å²) < 4.78 is 0. The van der Waals surface area contributed by atoms with Gasteiger partial charge in [0.1, 0.15) is 0 Å². The van der Waals surface area contributed by atoms with Gasteiger partial charge in [0.05, 0.1) is 11.1 Å². The number of unbranched alkanes of at least 4 members (excludes halogenated alkanes) is 3. The molecule has 0 atom stereocenters. The lowest BCUT2D eigenvalue weighted by molar-refractivity contribution is 0.591. The minimum absolute atomic E-state index is 0.155. The van der Waals surface area contributed by atoms with Gasteiger partial charge in [0.15, 0.2) is 0 Å². The van der Waals surface area contributed by atoms with Gasteiger partial charge in [-0.05, 0) is 50.6 Å². The molecule has 1 aromatic heterocycles. The van der Waals surface area contributed by atoms with Crippen molar-refractivity contribution in [3.05, 3.63) is 58.9 Å².